The summed E-state index contributed by atoms with van der Waals surface area (Å²) in [7, 11) is 0. The van der Waals surface area contributed by atoms with Crippen LogP contribution in [-0.4, -0.2) is 126 Å². The minimum Gasteiger partial charge on any atom is -0.370 e. The molecule has 6 amide bonds. The third kappa shape index (κ3) is 27.4. The van der Waals surface area contributed by atoms with Crippen molar-refractivity contribution in [3.8, 4) is 0 Å². The number of rotatable bonds is 38. The molecule has 0 spiro atoms. The van der Waals surface area contributed by atoms with Crippen LogP contribution in [-0.2, 0) is 35.3 Å². The normalized spacial score (nSPS) is 12.5. The van der Waals surface area contributed by atoms with Gasteiger partial charge in [0.25, 0.3) is 0 Å². The molecule has 23 N–H and O–H groups in total. The number of aromatic nitrogens is 2. The number of nitrogens with one attached hydrogen (secondary N) is 5. The summed E-state index contributed by atoms with van der Waals surface area (Å²) >= 11 is 9.57. The Bertz CT molecular complexity index is 2300. The van der Waals surface area contributed by atoms with Crippen molar-refractivity contribution in [3.63, 3.8) is 0 Å². The molecule has 2 rings (SSSR count). The van der Waals surface area contributed by atoms with Crippen LogP contribution in [0.2, 0.25) is 0 Å². The highest BCUT2D eigenvalue weighted by Gasteiger charge is 2.31. The Hall–Kier alpha value is -4.49. The predicted molar refractivity (Wildman–Crippen MR) is 326 cm³/mol. The third-order valence-corrected chi connectivity index (χ3v) is 18.8. The molecule has 0 bridgehead atoms. The molecule has 26 nitrogen and oxygen atoms in total. The molecule has 420 valence electrons. The van der Waals surface area contributed by atoms with Crippen molar-refractivity contribution in [2.24, 2.45) is 71.6 Å². The molecule has 4 atom stereocenters. The number of fused-ring (bicyclic) bond motifs is 1. The van der Waals surface area contributed by atoms with Gasteiger partial charge in [0.2, 0.25) is 35.4 Å². The zero-order valence-electron chi connectivity index (χ0n) is 42.2. The fraction of sp³-hybridized carbons (Fsp3) is 0.622. The summed E-state index contributed by atoms with van der Waals surface area (Å²) in [6.45, 7) is 1.93. The van der Waals surface area contributed by atoms with Gasteiger partial charge in [-0.05, 0) is 167 Å². The number of halogens is 4. The molecule has 0 aliphatic carbocycles. The minimum atomic E-state index is -1.25. The summed E-state index contributed by atoms with van der Waals surface area (Å²) in [5.74, 6) is -4.03. The van der Waals surface area contributed by atoms with Crippen molar-refractivity contribution in [2.75, 3.05) is 32.7 Å². The second-order valence-electron chi connectivity index (χ2n) is 17.6. The lowest BCUT2D eigenvalue weighted by molar-refractivity contribution is -0.134. The first-order valence-electron chi connectivity index (χ1n) is 24.8. The highest BCUT2D eigenvalue weighted by molar-refractivity contribution is 14.1. The Balaban J connectivity index is 1.98. The van der Waals surface area contributed by atoms with Crippen molar-refractivity contribution in [2.45, 2.75) is 146 Å². The van der Waals surface area contributed by atoms with Crippen LogP contribution in [0, 0.1) is 14.3 Å². The van der Waals surface area contributed by atoms with Gasteiger partial charge in [-0.15, -0.1) is 0 Å². The lowest BCUT2D eigenvalue weighted by Gasteiger charge is -2.26. The summed E-state index contributed by atoms with van der Waals surface area (Å²) in [4.78, 5) is 100. The molecule has 1 aromatic carbocycles. The van der Waals surface area contributed by atoms with Crippen LogP contribution in [0.15, 0.2) is 26.3 Å². The first-order chi connectivity index (χ1) is 35.6. The molecule has 1 heterocycles. The summed E-state index contributed by atoms with van der Waals surface area (Å²) < 4.78 is 7.15. The minimum absolute atomic E-state index is 0.00509. The molecular weight excluding hydrogens is 1420 g/mol. The fourth-order valence-electron chi connectivity index (χ4n) is 7.53. The largest absolute Gasteiger partial charge is 0.370 e. The lowest BCUT2D eigenvalue weighted by Crippen LogP contribution is -2.58. The number of benzene rings is 1. The molecule has 0 aliphatic heterocycles. The molecular formula is C45H76I4N20O6. The number of nitrogens with two attached hydrogens (primary N) is 9. The van der Waals surface area contributed by atoms with Gasteiger partial charge in [-0.1, -0.05) is 25.7 Å². The lowest BCUT2D eigenvalue weighted by atomic mass is 10.0. The SMILES string of the molecule is NC(=O)[C@@H](CCCN=C(N)N)NC(=O)[C@@H](CCCN=C(N)N)NC(=O)[C@@H](CCCN=C(N)N)NC(=O)[C@@H](CCCN=C(N)N)NC(=O)CCCCCNC(=O)CCCCCCCn1cnc2c(I)c(I)c(I)c(I)c21. The van der Waals surface area contributed by atoms with Gasteiger partial charge in [-0.25, -0.2) is 4.98 Å². The van der Waals surface area contributed by atoms with Gasteiger partial charge in [-0.3, -0.25) is 48.7 Å². The van der Waals surface area contributed by atoms with Gasteiger partial charge >= 0.3 is 0 Å². The topological polar surface area (TPSA) is 464 Å². The predicted octanol–water partition coefficient (Wildman–Crippen LogP) is 0.111. The fourth-order valence-corrected chi connectivity index (χ4v) is 11.1. The molecule has 0 radical (unpaired) electrons. The molecule has 0 saturated heterocycles. The number of guanidine groups is 4. The maximum Gasteiger partial charge on any atom is 0.243 e. The van der Waals surface area contributed by atoms with E-state index in [4.69, 9.17) is 51.6 Å². The van der Waals surface area contributed by atoms with E-state index in [0.717, 1.165) is 44.2 Å². The van der Waals surface area contributed by atoms with Crippen LogP contribution in [0.3, 0.4) is 0 Å². The zero-order chi connectivity index (χ0) is 55.9. The van der Waals surface area contributed by atoms with E-state index in [-0.39, 0.29) is 101 Å². The van der Waals surface area contributed by atoms with Gasteiger partial charge in [-0.2, -0.15) is 0 Å². The van der Waals surface area contributed by atoms with Gasteiger partial charge in [0.15, 0.2) is 23.8 Å². The highest BCUT2D eigenvalue weighted by atomic mass is 127. The number of carbonyl (C=O) groups excluding carboxylic acids is 6. The standard InChI is InChI=1S/C45H76I4N20O6/c46-32-33(47)35(49)37-36(34(32)48)64-25-69(37)24-8-3-1-2-5-17-30(70)59-19-7-4-6-18-31(71)65-27(14-10-21-61-43(53)54)39(73)67-29(16-12-23-63-45(57)58)41(75)68-28(15-11-22-62-44(55)56)40(74)66-26(38(50)72)13-9-20-60-42(51)52/h25-29H,1-24H2,(H2,50,72)(H,59,70)(H,65,71)(H,66,74)(H,67,73)(H,68,75)(H4,51,52,60)(H4,53,54,61)(H4,55,56,62)(H4,57,58,63)/t26-,27-,28-,29-/m1/s1. The van der Waals surface area contributed by atoms with Crippen molar-refractivity contribution in [1.29, 1.82) is 0 Å². The van der Waals surface area contributed by atoms with Crippen LogP contribution in [0.5, 0.6) is 0 Å². The van der Waals surface area contributed by atoms with Gasteiger partial charge in [0.1, 0.15) is 29.7 Å². The van der Waals surface area contributed by atoms with E-state index in [2.05, 4.69) is 146 Å². The monoisotopic (exact) mass is 1500 g/mol. The summed E-state index contributed by atoms with van der Waals surface area (Å²) in [6.07, 6.45) is 10.5. The maximum absolute atomic E-state index is 14.1. The van der Waals surface area contributed by atoms with Crippen LogP contribution in [0.1, 0.15) is 116 Å². The summed E-state index contributed by atoms with van der Waals surface area (Å²) in [5, 5.41) is 13.7. The zero-order valence-corrected chi connectivity index (χ0v) is 50.8. The molecule has 0 unspecified atom stereocenters. The van der Waals surface area contributed by atoms with E-state index >= 15 is 0 Å². The molecule has 0 saturated carbocycles. The first-order valence-corrected chi connectivity index (χ1v) is 29.1. The van der Waals surface area contributed by atoms with Gasteiger partial charge < -0.3 is 82.8 Å². The summed E-state index contributed by atoms with van der Waals surface area (Å²) in [5.41, 5.74) is 51.6. The Kier molecular flexibility index (Phi) is 33.1. The number of nitrogens with zero attached hydrogens (tertiary/aromatic N) is 6. The number of amides is 6. The van der Waals surface area contributed by atoms with Crippen molar-refractivity contribution >= 4 is 161 Å². The Morgan fingerprint density at radius 1 is 0.467 bits per heavy atom. The average Bonchev–Trinajstić information content (AvgIpc) is 3.78. The van der Waals surface area contributed by atoms with E-state index in [1.165, 1.54) is 19.8 Å². The third-order valence-electron chi connectivity index (χ3n) is 11.4. The quantitative estimate of drug-likeness (QED) is 0.0106. The number of carbonyl (C=O) groups is 6. The molecule has 30 heteroatoms. The highest BCUT2D eigenvalue weighted by Crippen LogP contribution is 2.34. The number of imidazole rings is 1. The average molecular weight is 1500 g/mol. The van der Waals surface area contributed by atoms with Crippen molar-refractivity contribution < 1.29 is 28.8 Å². The van der Waals surface area contributed by atoms with Crippen molar-refractivity contribution in [1.82, 2.24) is 36.1 Å². The molecule has 0 fully saturated rings. The van der Waals surface area contributed by atoms with Crippen LogP contribution >= 0.6 is 90.4 Å². The van der Waals surface area contributed by atoms with Crippen molar-refractivity contribution in [3.05, 3.63) is 20.6 Å². The van der Waals surface area contributed by atoms with Crippen LogP contribution in [0.25, 0.3) is 11.0 Å². The number of hydrogen-bond acceptors (Lipinski definition) is 11. The summed E-state index contributed by atoms with van der Waals surface area (Å²) in [6, 6.07) is -4.73. The second kappa shape index (κ2) is 37.3. The number of aliphatic imine (C=N–C) groups is 4. The van der Waals surface area contributed by atoms with E-state index in [1.807, 2.05) is 6.33 Å². The number of unbranched alkanes of at least 4 members (excludes halogenated alkanes) is 6. The molecule has 2 aromatic rings. The Morgan fingerprint density at radius 2 is 0.853 bits per heavy atom. The Labute approximate surface area is 492 Å². The molecule has 1 aromatic heterocycles. The van der Waals surface area contributed by atoms with Gasteiger partial charge in [0.05, 0.1) is 19.0 Å². The van der Waals surface area contributed by atoms with Gasteiger partial charge in [0, 0.05) is 59.3 Å². The molecule has 0 aliphatic rings. The number of aryl methyl sites for hydroxylation is 1. The number of primary amides is 1. The number of hydrogen-bond donors (Lipinski definition) is 14. The maximum atomic E-state index is 14.1. The first kappa shape index (κ1) is 66.6. The molecule has 75 heavy (non-hydrogen) atoms. The van der Waals surface area contributed by atoms with Crippen LogP contribution in [0.4, 0.5) is 0 Å². The van der Waals surface area contributed by atoms with E-state index in [0.29, 0.717) is 45.1 Å². The second-order valence-corrected chi connectivity index (χ2v) is 21.9. The van der Waals surface area contributed by atoms with Crippen LogP contribution < -0.4 is 78.2 Å². The van der Waals surface area contributed by atoms with E-state index in [9.17, 15) is 28.8 Å². The van der Waals surface area contributed by atoms with E-state index in [1.54, 1.807) is 0 Å². The van der Waals surface area contributed by atoms with E-state index < -0.39 is 53.7 Å². The Morgan fingerprint density at radius 3 is 1.32 bits per heavy atom. The smallest absolute Gasteiger partial charge is 0.243 e.